The lowest BCUT2D eigenvalue weighted by Gasteiger charge is -2.06. The first-order valence-corrected chi connectivity index (χ1v) is 7.97. The zero-order valence-corrected chi connectivity index (χ0v) is 13.6. The van der Waals surface area contributed by atoms with Gasteiger partial charge < -0.3 is 4.42 Å². The molecule has 0 bridgehead atoms. The van der Waals surface area contributed by atoms with Gasteiger partial charge in [-0.05, 0) is 24.3 Å². The van der Waals surface area contributed by atoms with Crippen molar-refractivity contribution >= 4 is 23.4 Å². The van der Waals surface area contributed by atoms with Crippen molar-refractivity contribution in [1.29, 1.82) is 0 Å². The highest BCUT2D eigenvalue weighted by Gasteiger charge is 2.26. The molecule has 0 saturated carbocycles. The predicted octanol–water partition coefficient (Wildman–Crippen LogP) is 5.38. The first-order valence-electron chi connectivity index (χ1n) is 6.61. The van der Waals surface area contributed by atoms with Crippen molar-refractivity contribution in [1.82, 2.24) is 10.2 Å². The average Bonchev–Trinajstić information content (AvgIpc) is 3.08. The van der Waals surface area contributed by atoms with E-state index in [1.54, 1.807) is 24.3 Å². The minimum Gasteiger partial charge on any atom is -0.411 e. The Bertz CT molecular complexity index is 903. The molecule has 0 aliphatic carbocycles. The van der Waals surface area contributed by atoms with Crippen LogP contribution in [0.2, 0.25) is 5.02 Å². The lowest BCUT2D eigenvalue weighted by atomic mass is 10.2. The van der Waals surface area contributed by atoms with Crippen LogP contribution in [0.1, 0.15) is 5.56 Å². The second-order valence-electron chi connectivity index (χ2n) is 4.72. The van der Waals surface area contributed by atoms with Gasteiger partial charge in [0.05, 0.1) is 0 Å². The number of thioether (sulfide) groups is 1. The average molecular weight is 393 g/mol. The summed E-state index contributed by atoms with van der Waals surface area (Å²) in [5.74, 6) is -10.4. The Morgan fingerprint density at radius 2 is 1.40 bits per heavy atom. The molecule has 3 aromatic rings. The molecule has 0 N–H and O–H groups in total. The highest BCUT2D eigenvalue weighted by Crippen LogP contribution is 2.30. The summed E-state index contributed by atoms with van der Waals surface area (Å²) in [5.41, 5.74) is -0.410. The Balaban J connectivity index is 1.80. The van der Waals surface area contributed by atoms with E-state index in [1.165, 1.54) is 0 Å². The van der Waals surface area contributed by atoms with E-state index in [0.29, 0.717) is 22.3 Å². The van der Waals surface area contributed by atoms with E-state index < -0.39 is 40.4 Å². The van der Waals surface area contributed by atoms with Crippen molar-refractivity contribution in [3.63, 3.8) is 0 Å². The van der Waals surface area contributed by atoms with Crippen LogP contribution in [-0.4, -0.2) is 10.2 Å². The van der Waals surface area contributed by atoms with Gasteiger partial charge in [-0.15, -0.1) is 10.2 Å². The van der Waals surface area contributed by atoms with Crippen LogP contribution in [-0.2, 0) is 5.75 Å². The van der Waals surface area contributed by atoms with Gasteiger partial charge in [0.1, 0.15) is 0 Å². The summed E-state index contributed by atoms with van der Waals surface area (Å²) < 4.78 is 71.8. The summed E-state index contributed by atoms with van der Waals surface area (Å²) in [6.45, 7) is 0. The molecular formula is C15H6ClF5N2OS. The van der Waals surface area contributed by atoms with Crippen molar-refractivity contribution in [3.05, 3.63) is 63.9 Å². The molecule has 1 heterocycles. The molecular weight excluding hydrogens is 387 g/mol. The van der Waals surface area contributed by atoms with Crippen LogP contribution in [0.25, 0.3) is 11.5 Å². The first kappa shape index (κ1) is 17.7. The highest BCUT2D eigenvalue weighted by molar-refractivity contribution is 7.98. The minimum absolute atomic E-state index is 0.0890. The molecule has 2 aromatic carbocycles. The van der Waals surface area contributed by atoms with Crippen LogP contribution < -0.4 is 0 Å². The van der Waals surface area contributed by atoms with E-state index in [2.05, 4.69) is 10.2 Å². The van der Waals surface area contributed by atoms with Crippen molar-refractivity contribution in [3.8, 4) is 11.5 Å². The number of hydrogen-bond acceptors (Lipinski definition) is 4. The smallest absolute Gasteiger partial charge is 0.277 e. The van der Waals surface area contributed by atoms with Crippen LogP contribution in [0.3, 0.4) is 0 Å². The number of aromatic nitrogens is 2. The highest BCUT2D eigenvalue weighted by atomic mass is 35.5. The molecule has 0 aliphatic rings. The zero-order chi connectivity index (χ0) is 18.1. The third-order valence-corrected chi connectivity index (χ3v) is 4.24. The van der Waals surface area contributed by atoms with Gasteiger partial charge in [-0.3, -0.25) is 0 Å². The summed E-state index contributed by atoms with van der Waals surface area (Å²) >= 11 is 6.40. The molecule has 0 saturated heterocycles. The van der Waals surface area contributed by atoms with Gasteiger partial charge in [-0.25, -0.2) is 22.0 Å². The lowest BCUT2D eigenvalue weighted by molar-refractivity contribution is 0.372. The number of hydrogen-bond donors (Lipinski definition) is 0. The van der Waals surface area contributed by atoms with E-state index in [1.807, 2.05) is 0 Å². The van der Waals surface area contributed by atoms with E-state index in [9.17, 15) is 22.0 Å². The van der Waals surface area contributed by atoms with Crippen LogP contribution >= 0.6 is 23.4 Å². The van der Waals surface area contributed by atoms with Crippen LogP contribution in [0.5, 0.6) is 0 Å². The number of halogens is 6. The molecule has 130 valence electrons. The third-order valence-electron chi connectivity index (χ3n) is 3.14. The fraction of sp³-hybridized carbons (Fsp3) is 0.0667. The maximum absolute atomic E-state index is 13.6. The zero-order valence-electron chi connectivity index (χ0n) is 12.0. The van der Waals surface area contributed by atoms with Gasteiger partial charge >= 0.3 is 0 Å². The molecule has 0 radical (unpaired) electrons. The Morgan fingerprint density at radius 1 is 0.840 bits per heavy atom. The Labute approximate surface area is 146 Å². The molecule has 0 spiro atoms. The van der Waals surface area contributed by atoms with Gasteiger partial charge in [-0.1, -0.05) is 23.4 Å². The summed E-state index contributed by atoms with van der Waals surface area (Å²) in [4.78, 5) is 0. The van der Waals surface area contributed by atoms with Crippen LogP contribution in [0, 0.1) is 29.1 Å². The van der Waals surface area contributed by atoms with Gasteiger partial charge in [0.2, 0.25) is 11.7 Å². The molecule has 3 rings (SSSR count). The third kappa shape index (κ3) is 3.47. The SMILES string of the molecule is Fc1c(F)c(F)c(CSc2nnc(-c3ccc(Cl)cc3)o2)c(F)c1F. The molecule has 0 unspecified atom stereocenters. The van der Waals surface area contributed by atoms with Crippen LogP contribution in [0.15, 0.2) is 33.9 Å². The molecule has 0 amide bonds. The predicted molar refractivity (Wildman–Crippen MR) is 80.5 cm³/mol. The van der Waals surface area contributed by atoms with Gasteiger partial charge in [-0.2, -0.15) is 0 Å². The number of nitrogens with zero attached hydrogens (tertiary/aromatic N) is 2. The molecule has 3 nitrogen and oxygen atoms in total. The van der Waals surface area contributed by atoms with Crippen molar-refractivity contribution in [2.24, 2.45) is 0 Å². The molecule has 0 aliphatic heterocycles. The van der Waals surface area contributed by atoms with Gasteiger partial charge in [0, 0.05) is 21.9 Å². The summed E-state index contributed by atoms with van der Waals surface area (Å²) in [6.07, 6.45) is 0. The molecule has 0 fully saturated rings. The maximum atomic E-state index is 13.6. The Hall–Kier alpha value is -2.13. The van der Waals surface area contributed by atoms with Gasteiger partial charge in [0.15, 0.2) is 23.3 Å². The normalized spacial score (nSPS) is 11.1. The van der Waals surface area contributed by atoms with Crippen molar-refractivity contribution in [2.45, 2.75) is 11.0 Å². The van der Waals surface area contributed by atoms with E-state index in [4.69, 9.17) is 16.0 Å². The van der Waals surface area contributed by atoms with Gasteiger partial charge in [0.25, 0.3) is 5.22 Å². The van der Waals surface area contributed by atoms with Crippen LogP contribution in [0.4, 0.5) is 22.0 Å². The fourth-order valence-corrected chi connectivity index (χ4v) is 2.77. The second-order valence-corrected chi connectivity index (χ2v) is 6.08. The molecule has 10 heteroatoms. The van der Waals surface area contributed by atoms with Crippen molar-refractivity contribution < 1.29 is 26.4 Å². The molecule has 25 heavy (non-hydrogen) atoms. The topological polar surface area (TPSA) is 38.9 Å². The Kier molecular flexibility index (Phi) is 4.96. The second kappa shape index (κ2) is 7.01. The maximum Gasteiger partial charge on any atom is 0.277 e. The summed E-state index contributed by atoms with van der Waals surface area (Å²) in [6, 6.07) is 6.44. The number of rotatable bonds is 4. The van der Waals surface area contributed by atoms with E-state index >= 15 is 0 Å². The lowest BCUT2D eigenvalue weighted by Crippen LogP contribution is -2.06. The Morgan fingerprint density at radius 3 is 2.00 bits per heavy atom. The van der Waals surface area contributed by atoms with Crippen molar-refractivity contribution in [2.75, 3.05) is 0 Å². The molecule has 1 aromatic heterocycles. The summed E-state index contributed by atoms with van der Waals surface area (Å²) in [7, 11) is 0. The fourth-order valence-electron chi connectivity index (χ4n) is 1.89. The molecule has 0 atom stereocenters. The monoisotopic (exact) mass is 392 g/mol. The summed E-state index contributed by atoms with van der Waals surface area (Å²) in [5, 5.41) is 7.82. The van der Waals surface area contributed by atoms with E-state index in [0.717, 1.165) is 0 Å². The minimum atomic E-state index is -2.20. The number of benzene rings is 2. The van der Waals surface area contributed by atoms with E-state index in [-0.39, 0.29) is 11.1 Å². The standard InChI is InChI=1S/C15H6ClF5N2OS/c16-7-3-1-6(2-4-7)14-22-23-15(24-14)25-5-8-9(17)11(19)13(21)12(20)10(8)18/h1-4H,5H2. The quantitative estimate of drug-likeness (QED) is 0.259. The largest absolute Gasteiger partial charge is 0.411 e. The first-order chi connectivity index (χ1) is 11.9.